The molecule has 0 saturated heterocycles. The second kappa shape index (κ2) is 5.95. The second-order valence-electron chi connectivity index (χ2n) is 3.91. The maximum Gasteiger partial charge on any atom is 0.336 e. The Bertz CT molecular complexity index is 592. The first kappa shape index (κ1) is 13.7. The van der Waals surface area contributed by atoms with E-state index in [0.29, 0.717) is 16.4 Å². The topological polar surface area (TPSA) is 45.2 Å². The van der Waals surface area contributed by atoms with Gasteiger partial charge in [0.25, 0.3) is 0 Å². The molecule has 1 aromatic carbocycles. The molecule has 0 unspecified atom stereocenters. The molecule has 0 atom stereocenters. The number of pyridine rings is 1. The molecule has 0 bridgehead atoms. The minimum Gasteiger partial charge on any atom is -0.305 e. The maximum absolute atomic E-state index is 12.0. The lowest BCUT2D eigenvalue weighted by Crippen LogP contribution is -2.27. The SMILES string of the molecule is Cc1ccc(Cl)cc1N(S)C(=O)Nc1cccnc1. The minimum absolute atomic E-state index is 0.373. The van der Waals surface area contributed by atoms with Crippen molar-refractivity contribution in [3.63, 3.8) is 0 Å². The first-order valence-electron chi connectivity index (χ1n) is 5.54. The number of aryl methyl sites for hydroxylation is 1. The number of hydrogen-bond acceptors (Lipinski definition) is 3. The molecule has 0 aliphatic heterocycles. The van der Waals surface area contributed by atoms with Crippen LogP contribution < -0.4 is 9.62 Å². The summed E-state index contributed by atoms with van der Waals surface area (Å²) in [5.74, 6) is 0. The van der Waals surface area contributed by atoms with Crippen molar-refractivity contribution in [3.8, 4) is 0 Å². The van der Waals surface area contributed by atoms with Crippen molar-refractivity contribution in [1.29, 1.82) is 0 Å². The number of benzene rings is 1. The van der Waals surface area contributed by atoms with Crippen molar-refractivity contribution in [2.45, 2.75) is 6.92 Å². The van der Waals surface area contributed by atoms with E-state index in [1.54, 1.807) is 36.7 Å². The lowest BCUT2D eigenvalue weighted by atomic mass is 10.2. The van der Waals surface area contributed by atoms with E-state index >= 15 is 0 Å². The van der Waals surface area contributed by atoms with Crippen molar-refractivity contribution in [2.24, 2.45) is 0 Å². The molecule has 98 valence electrons. The fourth-order valence-corrected chi connectivity index (χ4v) is 1.97. The summed E-state index contributed by atoms with van der Waals surface area (Å²) >= 11 is 10.1. The summed E-state index contributed by atoms with van der Waals surface area (Å²) in [6.07, 6.45) is 3.19. The number of nitrogens with zero attached hydrogens (tertiary/aromatic N) is 2. The molecule has 19 heavy (non-hydrogen) atoms. The van der Waals surface area contributed by atoms with E-state index in [0.717, 1.165) is 5.56 Å². The Balaban J connectivity index is 2.17. The second-order valence-corrected chi connectivity index (χ2v) is 4.75. The van der Waals surface area contributed by atoms with E-state index in [4.69, 9.17) is 11.6 Å². The third-order valence-electron chi connectivity index (χ3n) is 2.50. The number of urea groups is 1. The predicted octanol–water partition coefficient (Wildman–Crippen LogP) is 3.93. The molecule has 0 radical (unpaired) electrons. The van der Waals surface area contributed by atoms with Gasteiger partial charge in [-0.2, -0.15) is 0 Å². The first-order valence-corrected chi connectivity index (χ1v) is 6.32. The number of hydrogen-bond donors (Lipinski definition) is 2. The maximum atomic E-state index is 12.0. The lowest BCUT2D eigenvalue weighted by Gasteiger charge is -2.18. The van der Waals surface area contributed by atoms with Crippen LogP contribution in [0.3, 0.4) is 0 Å². The van der Waals surface area contributed by atoms with Crippen LogP contribution in [0.2, 0.25) is 5.02 Å². The zero-order valence-corrected chi connectivity index (χ0v) is 11.8. The van der Waals surface area contributed by atoms with Gasteiger partial charge in [-0.25, -0.2) is 9.10 Å². The Labute approximate surface area is 122 Å². The monoisotopic (exact) mass is 293 g/mol. The van der Waals surface area contributed by atoms with Crippen LogP contribution in [0.5, 0.6) is 0 Å². The summed E-state index contributed by atoms with van der Waals surface area (Å²) in [6, 6.07) is 8.40. The van der Waals surface area contributed by atoms with Gasteiger partial charge in [0, 0.05) is 11.2 Å². The largest absolute Gasteiger partial charge is 0.336 e. The molecule has 0 aliphatic rings. The summed E-state index contributed by atoms with van der Waals surface area (Å²) in [5.41, 5.74) is 2.14. The molecule has 1 N–H and O–H groups in total. The molecule has 6 heteroatoms. The van der Waals surface area contributed by atoms with Gasteiger partial charge in [0.15, 0.2) is 0 Å². The normalized spacial score (nSPS) is 10.1. The Morgan fingerprint density at radius 3 is 2.89 bits per heavy atom. The van der Waals surface area contributed by atoms with E-state index in [1.807, 2.05) is 13.0 Å². The van der Waals surface area contributed by atoms with Crippen LogP contribution in [0.1, 0.15) is 5.56 Å². The van der Waals surface area contributed by atoms with Gasteiger partial charge >= 0.3 is 6.03 Å². The predicted molar refractivity (Wildman–Crippen MR) is 80.9 cm³/mol. The number of rotatable bonds is 2. The third kappa shape index (κ3) is 3.39. The van der Waals surface area contributed by atoms with Gasteiger partial charge in [0.2, 0.25) is 0 Å². The number of nitrogens with one attached hydrogen (secondary N) is 1. The van der Waals surface area contributed by atoms with Gasteiger partial charge in [-0.05, 0) is 36.8 Å². The number of amides is 2. The number of aromatic nitrogens is 1. The average Bonchev–Trinajstić information content (AvgIpc) is 2.42. The number of anilines is 2. The molecule has 1 heterocycles. The Kier molecular flexibility index (Phi) is 4.29. The van der Waals surface area contributed by atoms with Gasteiger partial charge in [0.05, 0.1) is 17.6 Å². The van der Waals surface area contributed by atoms with Crippen LogP contribution in [0.25, 0.3) is 0 Å². The molecular weight excluding hydrogens is 282 g/mol. The van der Waals surface area contributed by atoms with E-state index in [2.05, 4.69) is 23.1 Å². The summed E-state index contributed by atoms with van der Waals surface area (Å²) < 4.78 is 1.22. The highest BCUT2D eigenvalue weighted by Gasteiger charge is 2.14. The summed E-state index contributed by atoms with van der Waals surface area (Å²) in [7, 11) is 0. The van der Waals surface area contributed by atoms with Crippen LogP contribution in [0.4, 0.5) is 16.2 Å². The van der Waals surface area contributed by atoms with Crippen molar-refractivity contribution in [2.75, 3.05) is 9.62 Å². The van der Waals surface area contributed by atoms with Crippen LogP contribution in [-0.4, -0.2) is 11.0 Å². The summed E-state index contributed by atoms with van der Waals surface area (Å²) in [5, 5.41) is 3.24. The average molecular weight is 294 g/mol. The van der Waals surface area contributed by atoms with Crippen molar-refractivity contribution in [3.05, 3.63) is 53.3 Å². The molecule has 0 spiro atoms. The van der Waals surface area contributed by atoms with E-state index in [9.17, 15) is 4.79 Å². The van der Waals surface area contributed by atoms with Crippen molar-refractivity contribution in [1.82, 2.24) is 4.98 Å². The van der Waals surface area contributed by atoms with Crippen molar-refractivity contribution >= 4 is 41.8 Å². The molecule has 4 nitrogen and oxygen atoms in total. The third-order valence-corrected chi connectivity index (χ3v) is 3.14. The summed E-state index contributed by atoms with van der Waals surface area (Å²) in [6.45, 7) is 1.88. The molecule has 2 rings (SSSR count). The fraction of sp³-hybridized carbons (Fsp3) is 0.0769. The smallest absolute Gasteiger partial charge is 0.305 e. The fourth-order valence-electron chi connectivity index (χ4n) is 1.53. The van der Waals surface area contributed by atoms with E-state index < -0.39 is 0 Å². The molecule has 0 fully saturated rings. The van der Waals surface area contributed by atoms with Gasteiger partial charge < -0.3 is 5.32 Å². The molecule has 0 aliphatic carbocycles. The van der Waals surface area contributed by atoms with Gasteiger partial charge in [-0.1, -0.05) is 30.5 Å². The van der Waals surface area contributed by atoms with Crippen LogP contribution in [0, 0.1) is 6.92 Å². The van der Waals surface area contributed by atoms with Crippen LogP contribution >= 0.6 is 24.4 Å². The molecule has 1 aromatic heterocycles. The van der Waals surface area contributed by atoms with Gasteiger partial charge in [-0.15, -0.1) is 0 Å². The van der Waals surface area contributed by atoms with Crippen LogP contribution in [-0.2, 0) is 0 Å². The molecule has 2 aromatic rings. The minimum atomic E-state index is -0.373. The molecule has 0 saturated carbocycles. The van der Waals surface area contributed by atoms with Crippen LogP contribution in [0.15, 0.2) is 42.7 Å². The first-order chi connectivity index (χ1) is 9.08. The van der Waals surface area contributed by atoms with Gasteiger partial charge in [0.1, 0.15) is 0 Å². The Hall–Kier alpha value is -1.72. The highest BCUT2D eigenvalue weighted by atomic mass is 35.5. The number of carbonyl (C=O) groups excluding carboxylic acids is 1. The standard InChI is InChI=1S/C13H12ClN3OS/c1-9-4-5-10(14)7-12(9)17(19)13(18)16-11-3-2-6-15-8-11/h2-8,19H,1H3,(H,16,18). The highest BCUT2D eigenvalue weighted by Crippen LogP contribution is 2.26. The summed E-state index contributed by atoms with van der Waals surface area (Å²) in [4.78, 5) is 16.0. The van der Waals surface area contributed by atoms with E-state index in [-0.39, 0.29) is 6.03 Å². The molecule has 2 amide bonds. The number of halogens is 1. The van der Waals surface area contributed by atoms with Gasteiger partial charge in [-0.3, -0.25) is 4.98 Å². The Morgan fingerprint density at radius 2 is 2.21 bits per heavy atom. The molecular formula is C13H12ClN3OS. The van der Waals surface area contributed by atoms with Crippen molar-refractivity contribution < 1.29 is 4.79 Å². The van der Waals surface area contributed by atoms with E-state index in [1.165, 1.54) is 4.31 Å². The Morgan fingerprint density at radius 1 is 1.42 bits per heavy atom. The quantitative estimate of drug-likeness (QED) is 0.824. The number of thiol groups is 1. The lowest BCUT2D eigenvalue weighted by molar-refractivity contribution is 0.260. The highest BCUT2D eigenvalue weighted by molar-refractivity contribution is 7.82. The number of carbonyl (C=O) groups is 1. The zero-order chi connectivity index (χ0) is 13.8. The zero-order valence-electron chi connectivity index (χ0n) is 10.2.